The highest BCUT2D eigenvalue weighted by atomic mass is 32.2. The number of nitro benzene ring substituents is 1. The molecule has 1 aliphatic rings. The van der Waals surface area contributed by atoms with Crippen LogP contribution in [-0.2, 0) is 14.8 Å². The van der Waals surface area contributed by atoms with Crippen molar-refractivity contribution in [3.63, 3.8) is 0 Å². The van der Waals surface area contributed by atoms with Crippen molar-refractivity contribution in [3.8, 4) is 0 Å². The quantitative estimate of drug-likeness (QED) is 0.600. The van der Waals surface area contributed by atoms with Gasteiger partial charge >= 0.3 is 0 Å². The highest BCUT2D eigenvalue weighted by Crippen LogP contribution is 2.28. The van der Waals surface area contributed by atoms with E-state index in [0.29, 0.717) is 10.7 Å². The third kappa shape index (κ3) is 1.94. The molecule has 0 bridgehead atoms. The average molecular weight is 270 g/mol. The maximum atomic E-state index is 12.2. The fourth-order valence-electron chi connectivity index (χ4n) is 1.82. The number of nitro groups is 1. The van der Waals surface area contributed by atoms with Crippen molar-refractivity contribution in [1.82, 2.24) is 4.31 Å². The predicted molar refractivity (Wildman–Crippen MR) is 61.2 cm³/mol. The number of benzene rings is 1. The van der Waals surface area contributed by atoms with Crippen molar-refractivity contribution in [2.24, 2.45) is 0 Å². The molecular weight excluding hydrogens is 260 g/mol. The normalized spacial score (nSPS) is 16.0. The monoisotopic (exact) mass is 270 g/mol. The van der Waals surface area contributed by atoms with Crippen molar-refractivity contribution in [3.05, 3.63) is 34.4 Å². The van der Waals surface area contributed by atoms with Crippen LogP contribution in [0.1, 0.15) is 12.8 Å². The van der Waals surface area contributed by atoms with Gasteiger partial charge in [0.1, 0.15) is 0 Å². The van der Waals surface area contributed by atoms with Crippen LogP contribution in [0.3, 0.4) is 0 Å². The maximum absolute atomic E-state index is 12.2. The first kappa shape index (κ1) is 12.5. The van der Waals surface area contributed by atoms with E-state index >= 15 is 0 Å². The summed E-state index contributed by atoms with van der Waals surface area (Å²) >= 11 is 0. The van der Waals surface area contributed by atoms with E-state index in [1.54, 1.807) is 0 Å². The number of hydrogen-bond donors (Lipinski definition) is 0. The Labute approximate surface area is 103 Å². The standard InChI is InChI=1S/C10H10N2O5S/c13-10-6-3-7-11(10)18(16,17)9-5-2-1-4-8(9)12(14)15/h1-2,4-5H,3,6-7H2. The highest BCUT2D eigenvalue weighted by Gasteiger charge is 2.36. The number of amides is 1. The molecule has 7 nitrogen and oxygen atoms in total. The zero-order valence-electron chi connectivity index (χ0n) is 9.27. The van der Waals surface area contributed by atoms with Gasteiger partial charge in [-0.25, -0.2) is 12.7 Å². The second-order valence-electron chi connectivity index (χ2n) is 3.80. The molecule has 1 amide bonds. The molecular formula is C10H10N2O5S. The van der Waals surface area contributed by atoms with E-state index in [1.165, 1.54) is 12.1 Å². The third-order valence-corrected chi connectivity index (χ3v) is 4.53. The van der Waals surface area contributed by atoms with Crippen LogP contribution in [0, 0.1) is 10.1 Å². The molecule has 0 unspecified atom stereocenters. The minimum Gasteiger partial charge on any atom is -0.274 e. The molecule has 18 heavy (non-hydrogen) atoms. The van der Waals surface area contributed by atoms with Gasteiger partial charge in [-0.3, -0.25) is 14.9 Å². The molecule has 0 aliphatic carbocycles. The largest absolute Gasteiger partial charge is 0.289 e. The predicted octanol–water partition coefficient (Wildman–Crippen LogP) is 0.906. The van der Waals surface area contributed by atoms with Gasteiger partial charge in [0.2, 0.25) is 5.91 Å². The van der Waals surface area contributed by atoms with E-state index < -0.39 is 31.4 Å². The Balaban J connectivity index is 2.54. The number of carbonyl (C=O) groups is 1. The summed E-state index contributed by atoms with van der Waals surface area (Å²) < 4.78 is 25.0. The Hall–Kier alpha value is -1.96. The van der Waals surface area contributed by atoms with Gasteiger partial charge in [-0.1, -0.05) is 12.1 Å². The topological polar surface area (TPSA) is 97.6 Å². The van der Waals surface area contributed by atoms with Gasteiger partial charge < -0.3 is 0 Å². The number of hydrogen-bond acceptors (Lipinski definition) is 5. The Morgan fingerprint density at radius 3 is 2.50 bits per heavy atom. The van der Waals surface area contributed by atoms with Crippen LogP contribution >= 0.6 is 0 Å². The molecule has 1 heterocycles. The molecule has 1 saturated heterocycles. The summed E-state index contributed by atoms with van der Waals surface area (Å²) in [5.74, 6) is -0.520. The number of nitrogens with zero attached hydrogens (tertiary/aromatic N) is 2. The smallest absolute Gasteiger partial charge is 0.274 e. The lowest BCUT2D eigenvalue weighted by Crippen LogP contribution is -2.32. The van der Waals surface area contributed by atoms with Gasteiger partial charge in [-0.15, -0.1) is 0 Å². The van der Waals surface area contributed by atoms with Crippen LogP contribution in [0.5, 0.6) is 0 Å². The van der Waals surface area contributed by atoms with Crippen molar-refractivity contribution >= 4 is 21.6 Å². The first-order valence-electron chi connectivity index (χ1n) is 5.23. The summed E-state index contributed by atoms with van der Waals surface area (Å²) in [6.45, 7) is 0.0766. The Kier molecular flexibility index (Phi) is 3.04. The zero-order chi connectivity index (χ0) is 13.3. The lowest BCUT2D eigenvalue weighted by Gasteiger charge is -2.15. The summed E-state index contributed by atoms with van der Waals surface area (Å²) in [6, 6.07) is 5.01. The lowest BCUT2D eigenvalue weighted by atomic mass is 10.3. The molecule has 1 aliphatic heterocycles. The Bertz CT molecular complexity index is 610. The van der Waals surface area contributed by atoms with E-state index in [9.17, 15) is 23.3 Å². The first-order valence-corrected chi connectivity index (χ1v) is 6.67. The molecule has 96 valence electrons. The molecule has 8 heteroatoms. The zero-order valence-corrected chi connectivity index (χ0v) is 10.1. The van der Waals surface area contributed by atoms with Crippen LogP contribution in [0.4, 0.5) is 5.69 Å². The van der Waals surface area contributed by atoms with Crippen molar-refractivity contribution < 1.29 is 18.1 Å². The van der Waals surface area contributed by atoms with E-state index in [4.69, 9.17) is 0 Å². The molecule has 1 aromatic carbocycles. The fraction of sp³-hybridized carbons (Fsp3) is 0.300. The SMILES string of the molecule is O=C1CCCN1S(=O)(=O)c1ccccc1[N+](=O)[O-]. The number of rotatable bonds is 3. The minimum atomic E-state index is -4.12. The van der Waals surface area contributed by atoms with Crippen LogP contribution in [0.25, 0.3) is 0 Å². The van der Waals surface area contributed by atoms with E-state index in [0.717, 1.165) is 12.1 Å². The molecule has 0 atom stereocenters. The van der Waals surface area contributed by atoms with Gasteiger partial charge in [0.25, 0.3) is 15.7 Å². The highest BCUT2D eigenvalue weighted by molar-refractivity contribution is 7.89. The molecule has 1 fully saturated rings. The van der Waals surface area contributed by atoms with Crippen LogP contribution in [-0.4, -0.2) is 30.1 Å². The third-order valence-electron chi connectivity index (χ3n) is 2.66. The number of carbonyl (C=O) groups excluding carboxylic acids is 1. The van der Waals surface area contributed by atoms with Crippen molar-refractivity contribution in [1.29, 1.82) is 0 Å². The Morgan fingerprint density at radius 2 is 1.94 bits per heavy atom. The van der Waals surface area contributed by atoms with Crippen molar-refractivity contribution in [2.75, 3.05) is 6.54 Å². The Morgan fingerprint density at radius 1 is 1.28 bits per heavy atom. The van der Waals surface area contributed by atoms with Gasteiger partial charge in [-0.2, -0.15) is 0 Å². The second kappa shape index (κ2) is 4.37. The minimum absolute atomic E-state index is 0.0766. The van der Waals surface area contributed by atoms with Gasteiger partial charge in [0, 0.05) is 19.0 Å². The van der Waals surface area contributed by atoms with Crippen molar-refractivity contribution in [2.45, 2.75) is 17.7 Å². The molecule has 0 spiro atoms. The van der Waals surface area contributed by atoms with Crippen LogP contribution in [0.2, 0.25) is 0 Å². The summed E-state index contributed by atoms with van der Waals surface area (Å²) in [5.41, 5.74) is -0.516. The van der Waals surface area contributed by atoms with E-state index in [1.807, 2.05) is 0 Å². The first-order chi connectivity index (χ1) is 8.44. The summed E-state index contributed by atoms with van der Waals surface area (Å²) in [5, 5.41) is 10.8. The summed E-state index contributed by atoms with van der Waals surface area (Å²) in [4.78, 5) is 21.0. The lowest BCUT2D eigenvalue weighted by molar-refractivity contribution is -0.387. The molecule has 2 rings (SSSR count). The maximum Gasteiger partial charge on any atom is 0.289 e. The molecule has 0 N–H and O–H groups in total. The molecule has 0 saturated carbocycles. The van der Waals surface area contributed by atoms with Crippen LogP contribution < -0.4 is 0 Å². The van der Waals surface area contributed by atoms with E-state index in [-0.39, 0.29) is 13.0 Å². The average Bonchev–Trinajstić information content (AvgIpc) is 2.76. The van der Waals surface area contributed by atoms with Gasteiger partial charge in [-0.05, 0) is 12.5 Å². The summed E-state index contributed by atoms with van der Waals surface area (Å²) in [6.07, 6.45) is 0.596. The second-order valence-corrected chi connectivity index (χ2v) is 5.63. The fourth-order valence-corrected chi connectivity index (χ4v) is 3.45. The van der Waals surface area contributed by atoms with Crippen LogP contribution in [0.15, 0.2) is 29.2 Å². The molecule has 0 aromatic heterocycles. The summed E-state index contributed by atoms with van der Waals surface area (Å²) in [7, 11) is -4.12. The van der Waals surface area contributed by atoms with Gasteiger partial charge in [0.15, 0.2) is 4.90 Å². The number of para-hydroxylation sites is 1. The number of sulfonamides is 1. The van der Waals surface area contributed by atoms with Gasteiger partial charge in [0.05, 0.1) is 4.92 Å². The molecule has 1 aromatic rings. The van der Waals surface area contributed by atoms with E-state index in [2.05, 4.69) is 0 Å². The molecule has 0 radical (unpaired) electrons.